The second kappa shape index (κ2) is 6.93. The van der Waals surface area contributed by atoms with E-state index in [1.807, 2.05) is 17.5 Å². The van der Waals surface area contributed by atoms with Crippen LogP contribution in [-0.2, 0) is 4.79 Å². The number of halogens is 1. The molecule has 0 fully saturated rings. The van der Waals surface area contributed by atoms with Crippen molar-refractivity contribution in [2.75, 3.05) is 11.1 Å². The maximum absolute atomic E-state index is 13.7. The van der Waals surface area contributed by atoms with Crippen LogP contribution in [0.4, 0.5) is 10.1 Å². The van der Waals surface area contributed by atoms with Gasteiger partial charge in [0.05, 0.1) is 16.3 Å². The molecule has 0 aliphatic heterocycles. The minimum Gasteiger partial charge on any atom is -0.410 e. The highest BCUT2D eigenvalue weighted by molar-refractivity contribution is 7.99. The zero-order valence-corrected chi connectivity index (χ0v) is 13.7. The van der Waals surface area contributed by atoms with Crippen molar-refractivity contribution in [2.45, 2.75) is 12.1 Å². The number of nitrogens with one attached hydrogen (secondary N) is 1. The molecule has 0 unspecified atom stereocenters. The van der Waals surface area contributed by atoms with Gasteiger partial charge >= 0.3 is 0 Å². The molecule has 2 aromatic heterocycles. The lowest BCUT2D eigenvalue weighted by Crippen LogP contribution is -2.15. The first kappa shape index (κ1) is 15.7. The van der Waals surface area contributed by atoms with Gasteiger partial charge in [-0.1, -0.05) is 23.9 Å². The average molecular weight is 349 g/mol. The van der Waals surface area contributed by atoms with Gasteiger partial charge in [0.2, 0.25) is 5.91 Å². The van der Waals surface area contributed by atoms with Crippen molar-refractivity contribution in [2.24, 2.45) is 0 Å². The number of carbonyl (C=O) groups is 1. The maximum atomic E-state index is 13.7. The first-order valence-corrected chi connectivity index (χ1v) is 8.54. The van der Waals surface area contributed by atoms with Crippen LogP contribution in [0.15, 0.2) is 45.4 Å². The molecule has 0 spiro atoms. The number of benzene rings is 1. The molecule has 1 N–H and O–H groups in total. The summed E-state index contributed by atoms with van der Waals surface area (Å²) in [6, 6.07) is 8.40. The molecular formula is C15H12FN3O2S2. The topological polar surface area (TPSA) is 68.0 Å². The second-order valence-electron chi connectivity index (χ2n) is 4.67. The Hall–Kier alpha value is -2.19. The van der Waals surface area contributed by atoms with Crippen LogP contribution in [0, 0.1) is 12.7 Å². The van der Waals surface area contributed by atoms with Crippen molar-refractivity contribution >= 4 is 34.7 Å². The second-order valence-corrected chi connectivity index (χ2v) is 6.54. The number of thioether (sulfide) groups is 1. The van der Waals surface area contributed by atoms with Crippen molar-refractivity contribution in [3.05, 3.63) is 47.1 Å². The smallest absolute Gasteiger partial charge is 0.277 e. The SMILES string of the molecule is Cc1ccc(NC(=O)CSc2nnc(-c3cccs3)o2)c(F)c1. The summed E-state index contributed by atoms with van der Waals surface area (Å²) in [4.78, 5) is 12.7. The van der Waals surface area contributed by atoms with Crippen molar-refractivity contribution in [1.29, 1.82) is 0 Å². The Bertz CT molecular complexity index is 818. The number of rotatable bonds is 5. The molecule has 8 heteroatoms. The number of aromatic nitrogens is 2. The highest BCUT2D eigenvalue weighted by atomic mass is 32.2. The molecule has 2 heterocycles. The molecule has 0 bridgehead atoms. The molecular weight excluding hydrogens is 337 g/mol. The number of hydrogen-bond acceptors (Lipinski definition) is 6. The van der Waals surface area contributed by atoms with Crippen LogP contribution in [0.3, 0.4) is 0 Å². The van der Waals surface area contributed by atoms with Crippen LogP contribution in [0.1, 0.15) is 5.56 Å². The molecule has 0 radical (unpaired) electrons. The van der Waals surface area contributed by atoms with E-state index in [2.05, 4.69) is 15.5 Å². The first-order valence-electron chi connectivity index (χ1n) is 6.68. The first-order chi connectivity index (χ1) is 11.1. The summed E-state index contributed by atoms with van der Waals surface area (Å²) in [7, 11) is 0. The zero-order chi connectivity index (χ0) is 16.2. The fraction of sp³-hybridized carbons (Fsp3) is 0.133. The number of amides is 1. The van der Waals surface area contributed by atoms with E-state index in [0.717, 1.165) is 22.2 Å². The number of anilines is 1. The summed E-state index contributed by atoms with van der Waals surface area (Å²) < 4.78 is 19.1. The molecule has 0 aliphatic rings. The van der Waals surface area contributed by atoms with Gasteiger partial charge in [0, 0.05) is 0 Å². The average Bonchev–Trinajstić information content (AvgIpc) is 3.18. The van der Waals surface area contributed by atoms with Crippen molar-refractivity contribution < 1.29 is 13.6 Å². The third-order valence-electron chi connectivity index (χ3n) is 2.86. The third kappa shape index (κ3) is 3.96. The van der Waals surface area contributed by atoms with E-state index in [0.29, 0.717) is 11.1 Å². The van der Waals surface area contributed by atoms with Gasteiger partial charge in [0.1, 0.15) is 5.82 Å². The van der Waals surface area contributed by atoms with E-state index in [9.17, 15) is 9.18 Å². The molecule has 0 atom stereocenters. The minimum absolute atomic E-state index is 0.0550. The van der Waals surface area contributed by atoms with Crippen LogP contribution < -0.4 is 5.32 Å². The molecule has 3 rings (SSSR count). The Labute approximate surface area is 139 Å². The Morgan fingerprint density at radius 1 is 1.39 bits per heavy atom. The number of aryl methyl sites for hydroxylation is 1. The number of carbonyl (C=O) groups excluding carboxylic acids is 1. The monoisotopic (exact) mass is 349 g/mol. The molecule has 3 aromatic rings. The van der Waals surface area contributed by atoms with Gasteiger partial charge in [0.25, 0.3) is 11.1 Å². The lowest BCUT2D eigenvalue weighted by molar-refractivity contribution is -0.113. The number of nitrogens with zero attached hydrogens (tertiary/aromatic N) is 2. The van der Waals surface area contributed by atoms with E-state index in [-0.39, 0.29) is 17.3 Å². The summed E-state index contributed by atoms with van der Waals surface area (Å²) in [6.07, 6.45) is 0. The van der Waals surface area contributed by atoms with E-state index < -0.39 is 5.82 Å². The number of thiophene rings is 1. The van der Waals surface area contributed by atoms with Gasteiger partial charge < -0.3 is 9.73 Å². The Balaban J connectivity index is 1.57. The zero-order valence-electron chi connectivity index (χ0n) is 12.1. The van der Waals surface area contributed by atoms with Crippen LogP contribution >= 0.6 is 23.1 Å². The van der Waals surface area contributed by atoms with Gasteiger partial charge in [-0.25, -0.2) is 4.39 Å². The van der Waals surface area contributed by atoms with E-state index in [4.69, 9.17) is 4.42 Å². The third-order valence-corrected chi connectivity index (χ3v) is 4.54. The summed E-state index contributed by atoms with van der Waals surface area (Å²) in [5.74, 6) is -0.318. The molecule has 0 aliphatic carbocycles. The summed E-state index contributed by atoms with van der Waals surface area (Å²) in [5.41, 5.74) is 0.952. The lowest BCUT2D eigenvalue weighted by Gasteiger charge is -2.05. The Morgan fingerprint density at radius 3 is 3.00 bits per heavy atom. The largest absolute Gasteiger partial charge is 0.410 e. The van der Waals surface area contributed by atoms with Crippen LogP contribution in [0.5, 0.6) is 0 Å². The molecule has 23 heavy (non-hydrogen) atoms. The van der Waals surface area contributed by atoms with Crippen LogP contribution in [0.25, 0.3) is 10.8 Å². The fourth-order valence-electron chi connectivity index (χ4n) is 1.80. The van der Waals surface area contributed by atoms with Crippen molar-refractivity contribution in [3.63, 3.8) is 0 Å². The molecule has 1 amide bonds. The standard InChI is InChI=1S/C15H12FN3O2S2/c1-9-4-5-11(10(16)7-9)17-13(20)8-23-15-19-18-14(21-15)12-3-2-6-22-12/h2-7H,8H2,1H3,(H,17,20). The normalized spacial score (nSPS) is 10.7. The van der Waals surface area contributed by atoms with Gasteiger partial charge in [-0.05, 0) is 36.1 Å². The molecule has 118 valence electrons. The molecule has 0 saturated heterocycles. The highest BCUT2D eigenvalue weighted by Gasteiger charge is 2.13. The Kier molecular flexibility index (Phi) is 4.73. The van der Waals surface area contributed by atoms with Gasteiger partial charge in [-0.15, -0.1) is 21.5 Å². The van der Waals surface area contributed by atoms with Crippen molar-refractivity contribution in [1.82, 2.24) is 10.2 Å². The number of hydrogen-bond donors (Lipinski definition) is 1. The summed E-state index contributed by atoms with van der Waals surface area (Å²) in [5, 5.41) is 12.5. The maximum Gasteiger partial charge on any atom is 0.277 e. The van der Waals surface area contributed by atoms with Crippen molar-refractivity contribution in [3.8, 4) is 10.8 Å². The Morgan fingerprint density at radius 2 is 2.26 bits per heavy atom. The summed E-state index contributed by atoms with van der Waals surface area (Å²) >= 11 is 2.60. The highest BCUT2D eigenvalue weighted by Crippen LogP contribution is 2.26. The molecule has 1 aromatic carbocycles. The van der Waals surface area contributed by atoms with E-state index >= 15 is 0 Å². The quantitative estimate of drug-likeness (QED) is 0.706. The van der Waals surface area contributed by atoms with Gasteiger partial charge in [-0.3, -0.25) is 4.79 Å². The molecule has 0 saturated carbocycles. The van der Waals surface area contributed by atoms with Crippen LogP contribution in [0.2, 0.25) is 0 Å². The minimum atomic E-state index is -0.457. The summed E-state index contributed by atoms with van der Waals surface area (Å²) in [6.45, 7) is 1.78. The van der Waals surface area contributed by atoms with Gasteiger partial charge in [-0.2, -0.15) is 0 Å². The predicted octanol–water partition coefficient (Wildman–Crippen LogP) is 3.98. The fourth-order valence-corrected chi connectivity index (χ4v) is 3.01. The lowest BCUT2D eigenvalue weighted by atomic mass is 10.2. The van der Waals surface area contributed by atoms with E-state index in [1.54, 1.807) is 13.0 Å². The van der Waals surface area contributed by atoms with Crippen LogP contribution in [-0.4, -0.2) is 21.9 Å². The van der Waals surface area contributed by atoms with E-state index in [1.165, 1.54) is 23.5 Å². The molecule has 5 nitrogen and oxygen atoms in total. The predicted molar refractivity (Wildman–Crippen MR) is 88.1 cm³/mol. The van der Waals surface area contributed by atoms with Gasteiger partial charge in [0.15, 0.2) is 0 Å².